The molecule has 0 unspecified atom stereocenters. The molecule has 0 aliphatic carbocycles. The minimum absolute atomic E-state index is 0.876. The highest BCUT2D eigenvalue weighted by Crippen LogP contribution is 2.28. The Morgan fingerprint density at radius 3 is 2.42 bits per heavy atom. The zero-order valence-corrected chi connectivity index (χ0v) is 16.9. The number of nitrogens with zero attached hydrogens (tertiary/aromatic N) is 1. The molecular weight excluding hydrogens is 382 g/mol. The summed E-state index contributed by atoms with van der Waals surface area (Å²) in [6, 6.07) is 25.6. The monoisotopic (exact) mass is 405 g/mol. The number of hydrogen-bond donors (Lipinski definition) is 0. The minimum atomic E-state index is 0.876. The predicted molar refractivity (Wildman–Crippen MR) is 118 cm³/mol. The molecule has 0 saturated heterocycles. The summed E-state index contributed by atoms with van der Waals surface area (Å²) in [5.41, 5.74) is 6.40. The van der Waals surface area contributed by atoms with Crippen LogP contribution < -0.4 is 4.90 Å². The second-order valence-corrected chi connectivity index (χ2v) is 7.28. The maximum Gasteiger partial charge on any atom is 0.0398 e. The molecule has 26 heavy (non-hydrogen) atoms. The van der Waals surface area contributed by atoms with E-state index in [1.807, 2.05) is 0 Å². The van der Waals surface area contributed by atoms with Crippen LogP contribution in [0, 0.1) is 0 Å². The van der Waals surface area contributed by atoms with E-state index in [2.05, 4.69) is 120 Å². The number of rotatable bonds is 6. The molecule has 0 spiro atoms. The average molecular weight is 406 g/mol. The average Bonchev–Trinajstić information content (AvgIpc) is 2.69. The fourth-order valence-electron chi connectivity index (χ4n) is 3.16. The van der Waals surface area contributed by atoms with Crippen LogP contribution in [0.15, 0.2) is 83.3 Å². The molecule has 0 amide bonds. The second kappa shape index (κ2) is 8.86. The molecule has 3 aromatic carbocycles. The van der Waals surface area contributed by atoms with Gasteiger partial charge in [-0.15, -0.1) is 0 Å². The Morgan fingerprint density at radius 1 is 0.923 bits per heavy atom. The lowest BCUT2D eigenvalue weighted by atomic mass is 9.99. The van der Waals surface area contributed by atoms with Gasteiger partial charge in [-0.05, 0) is 46.9 Å². The predicted octanol–water partition coefficient (Wildman–Crippen LogP) is 6.83. The topological polar surface area (TPSA) is 3.24 Å². The van der Waals surface area contributed by atoms with Gasteiger partial charge in [-0.1, -0.05) is 89.6 Å². The van der Waals surface area contributed by atoms with Crippen molar-refractivity contribution in [2.24, 2.45) is 0 Å². The van der Waals surface area contributed by atoms with Gasteiger partial charge in [0.1, 0.15) is 0 Å². The molecular formula is C24H24BrN. The maximum absolute atomic E-state index is 3.60. The molecule has 0 aromatic heterocycles. The number of anilines is 1. The molecule has 0 bridgehead atoms. The van der Waals surface area contributed by atoms with Crippen LogP contribution in [0.3, 0.4) is 0 Å². The molecule has 0 heterocycles. The summed E-state index contributed by atoms with van der Waals surface area (Å²) in [4.78, 5) is 2.30. The summed E-state index contributed by atoms with van der Waals surface area (Å²) in [7, 11) is 2.15. The molecule has 1 nitrogen and oxygen atoms in total. The number of benzene rings is 3. The summed E-state index contributed by atoms with van der Waals surface area (Å²) in [5, 5.41) is 0. The Bertz CT molecular complexity index is 884. The van der Waals surface area contributed by atoms with Gasteiger partial charge in [0.2, 0.25) is 0 Å². The highest BCUT2D eigenvalue weighted by Gasteiger charge is 2.05. The first-order valence-electron chi connectivity index (χ1n) is 8.99. The standard InChI is InChI=1S/C24H24BrN/c1-3-19-10-7-8-14-24(19)26(2)17-9-13-21-15-16-22(25)18-23(21)20-11-5-4-6-12-20/h4-16,18H,3,17H2,1-2H3. The molecule has 2 heteroatoms. The molecule has 0 aliphatic heterocycles. The van der Waals surface area contributed by atoms with E-state index in [0.29, 0.717) is 0 Å². The Kier molecular flexibility index (Phi) is 6.30. The largest absolute Gasteiger partial charge is 0.371 e. The van der Waals surface area contributed by atoms with Gasteiger partial charge < -0.3 is 4.90 Å². The van der Waals surface area contributed by atoms with Crippen molar-refractivity contribution >= 4 is 27.7 Å². The lowest BCUT2D eigenvalue weighted by Crippen LogP contribution is -2.18. The number of aryl methyl sites for hydroxylation is 1. The number of para-hydroxylation sites is 1. The number of likely N-dealkylation sites (N-methyl/N-ethyl adjacent to an activating group) is 1. The van der Waals surface area contributed by atoms with Crippen molar-refractivity contribution in [1.82, 2.24) is 0 Å². The fourth-order valence-corrected chi connectivity index (χ4v) is 3.52. The normalized spacial score (nSPS) is 11.0. The highest BCUT2D eigenvalue weighted by molar-refractivity contribution is 9.10. The smallest absolute Gasteiger partial charge is 0.0398 e. The zero-order chi connectivity index (χ0) is 18.4. The van der Waals surface area contributed by atoms with E-state index >= 15 is 0 Å². The van der Waals surface area contributed by atoms with Gasteiger partial charge >= 0.3 is 0 Å². The van der Waals surface area contributed by atoms with Crippen LogP contribution in [0.5, 0.6) is 0 Å². The molecule has 0 atom stereocenters. The maximum atomic E-state index is 3.60. The SMILES string of the molecule is CCc1ccccc1N(C)CC=Cc1ccc(Br)cc1-c1ccccc1. The first kappa shape index (κ1) is 18.5. The Labute approximate surface area is 165 Å². The highest BCUT2D eigenvalue weighted by atomic mass is 79.9. The third kappa shape index (κ3) is 4.44. The van der Waals surface area contributed by atoms with Crippen molar-refractivity contribution in [1.29, 1.82) is 0 Å². The lowest BCUT2D eigenvalue weighted by Gasteiger charge is -2.20. The van der Waals surface area contributed by atoms with Crippen LogP contribution in [-0.4, -0.2) is 13.6 Å². The van der Waals surface area contributed by atoms with Gasteiger partial charge in [0.05, 0.1) is 0 Å². The summed E-state index contributed by atoms with van der Waals surface area (Å²) >= 11 is 3.60. The fraction of sp³-hybridized carbons (Fsp3) is 0.167. The lowest BCUT2D eigenvalue weighted by molar-refractivity contribution is 1.000. The van der Waals surface area contributed by atoms with Crippen LogP contribution >= 0.6 is 15.9 Å². The van der Waals surface area contributed by atoms with E-state index in [1.54, 1.807) is 0 Å². The summed E-state index contributed by atoms with van der Waals surface area (Å²) < 4.78 is 1.10. The van der Waals surface area contributed by atoms with Crippen molar-refractivity contribution in [3.05, 3.63) is 94.5 Å². The van der Waals surface area contributed by atoms with E-state index in [1.165, 1.54) is 27.9 Å². The van der Waals surface area contributed by atoms with E-state index < -0.39 is 0 Å². The second-order valence-electron chi connectivity index (χ2n) is 6.36. The first-order valence-corrected chi connectivity index (χ1v) is 9.79. The van der Waals surface area contributed by atoms with Gasteiger partial charge in [-0.25, -0.2) is 0 Å². The molecule has 3 aromatic rings. The Hall–Kier alpha value is -2.32. The van der Waals surface area contributed by atoms with Crippen LogP contribution in [0.25, 0.3) is 17.2 Å². The van der Waals surface area contributed by atoms with E-state index in [4.69, 9.17) is 0 Å². The quantitative estimate of drug-likeness (QED) is 0.434. The van der Waals surface area contributed by atoms with Crippen LogP contribution in [0.2, 0.25) is 0 Å². The molecule has 0 N–H and O–H groups in total. The van der Waals surface area contributed by atoms with Crippen LogP contribution in [0.4, 0.5) is 5.69 Å². The van der Waals surface area contributed by atoms with Crippen molar-refractivity contribution in [3.8, 4) is 11.1 Å². The van der Waals surface area contributed by atoms with Crippen LogP contribution in [-0.2, 0) is 6.42 Å². The van der Waals surface area contributed by atoms with Crippen molar-refractivity contribution in [2.75, 3.05) is 18.5 Å². The summed E-state index contributed by atoms with van der Waals surface area (Å²) in [6.07, 6.45) is 5.51. The Morgan fingerprint density at radius 2 is 1.65 bits per heavy atom. The van der Waals surface area contributed by atoms with E-state index in [-0.39, 0.29) is 0 Å². The molecule has 0 radical (unpaired) electrons. The molecule has 3 rings (SSSR count). The van der Waals surface area contributed by atoms with Gasteiger partial charge in [-0.2, -0.15) is 0 Å². The number of hydrogen-bond acceptors (Lipinski definition) is 1. The van der Waals surface area contributed by atoms with Gasteiger partial charge in [0, 0.05) is 23.8 Å². The first-order chi connectivity index (χ1) is 12.7. The van der Waals surface area contributed by atoms with Crippen molar-refractivity contribution in [2.45, 2.75) is 13.3 Å². The van der Waals surface area contributed by atoms with Crippen molar-refractivity contribution in [3.63, 3.8) is 0 Å². The zero-order valence-electron chi connectivity index (χ0n) is 15.3. The van der Waals surface area contributed by atoms with Crippen LogP contribution in [0.1, 0.15) is 18.1 Å². The molecule has 0 saturated carbocycles. The third-order valence-corrected chi connectivity index (χ3v) is 5.05. The van der Waals surface area contributed by atoms with E-state index in [9.17, 15) is 0 Å². The van der Waals surface area contributed by atoms with Gasteiger partial charge in [0.15, 0.2) is 0 Å². The number of halogens is 1. The summed E-state index contributed by atoms with van der Waals surface area (Å²) in [6.45, 7) is 3.08. The van der Waals surface area contributed by atoms with E-state index in [0.717, 1.165) is 17.4 Å². The molecule has 0 aliphatic rings. The van der Waals surface area contributed by atoms with Gasteiger partial charge in [-0.3, -0.25) is 0 Å². The van der Waals surface area contributed by atoms with Crippen molar-refractivity contribution < 1.29 is 0 Å². The Balaban J connectivity index is 1.81. The third-order valence-electron chi connectivity index (χ3n) is 4.56. The molecule has 132 valence electrons. The minimum Gasteiger partial charge on any atom is -0.371 e. The molecule has 0 fully saturated rings. The summed E-state index contributed by atoms with van der Waals surface area (Å²) in [5.74, 6) is 0. The van der Waals surface area contributed by atoms with Gasteiger partial charge in [0.25, 0.3) is 0 Å².